The highest BCUT2D eigenvalue weighted by molar-refractivity contribution is 5.95. The number of carbonyl (C=O) groups excluding carboxylic acids is 1. The van der Waals surface area contributed by atoms with Crippen molar-refractivity contribution in [1.82, 2.24) is 0 Å². The molecule has 1 aromatic carbocycles. The molecule has 0 saturated heterocycles. The smallest absolute Gasteiger partial charge is 0.230 e. The number of hydrogen-bond acceptors (Lipinski definition) is 1. The standard InChI is InChI=1S/C13H16FNO/c1-2-13(7-4-8-13)12(16)15-11-6-3-5-10(14)9-11/h3,5-6,9H,2,4,7-8H2,1H3,(H,15,16). The summed E-state index contributed by atoms with van der Waals surface area (Å²) < 4.78 is 12.9. The molecule has 1 saturated carbocycles. The molecule has 1 aromatic rings. The highest BCUT2D eigenvalue weighted by Gasteiger charge is 2.42. The van der Waals surface area contributed by atoms with Crippen LogP contribution >= 0.6 is 0 Å². The summed E-state index contributed by atoms with van der Waals surface area (Å²) in [6.45, 7) is 2.03. The van der Waals surface area contributed by atoms with Crippen LogP contribution in [0.1, 0.15) is 32.6 Å². The lowest BCUT2D eigenvalue weighted by molar-refractivity contribution is -0.130. The Bertz CT molecular complexity index is 393. The van der Waals surface area contributed by atoms with Crippen molar-refractivity contribution in [2.45, 2.75) is 32.6 Å². The molecule has 2 nitrogen and oxygen atoms in total. The van der Waals surface area contributed by atoms with E-state index in [1.807, 2.05) is 6.92 Å². The van der Waals surface area contributed by atoms with Crippen molar-refractivity contribution >= 4 is 11.6 Å². The van der Waals surface area contributed by atoms with Gasteiger partial charge in [0.2, 0.25) is 5.91 Å². The Morgan fingerprint density at radius 1 is 1.50 bits per heavy atom. The number of halogens is 1. The van der Waals surface area contributed by atoms with Gasteiger partial charge in [-0.25, -0.2) is 4.39 Å². The molecule has 1 fully saturated rings. The first-order chi connectivity index (χ1) is 7.66. The zero-order valence-electron chi connectivity index (χ0n) is 9.42. The maximum absolute atomic E-state index is 12.9. The number of anilines is 1. The molecule has 0 unspecified atom stereocenters. The topological polar surface area (TPSA) is 29.1 Å². The average Bonchev–Trinajstić information content (AvgIpc) is 2.16. The van der Waals surface area contributed by atoms with Crippen LogP contribution in [0.2, 0.25) is 0 Å². The van der Waals surface area contributed by atoms with Gasteiger partial charge in [0.15, 0.2) is 0 Å². The van der Waals surface area contributed by atoms with Crippen molar-refractivity contribution in [2.24, 2.45) is 5.41 Å². The summed E-state index contributed by atoms with van der Waals surface area (Å²) in [6.07, 6.45) is 3.87. The number of rotatable bonds is 3. The van der Waals surface area contributed by atoms with E-state index < -0.39 is 0 Å². The second-order valence-electron chi connectivity index (χ2n) is 4.45. The quantitative estimate of drug-likeness (QED) is 0.833. The summed E-state index contributed by atoms with van der Waals surface area (Å²) >= 11 is 0. The molecule has 0 bridgehead atoms. The zero-order chi connectivity index (χ0) is 11.6. The minimum atomic E-state index is -0.322. The van der Waals surface area contributed by atoms with Crippen LogP contribution in [0, 0.1) is 11.2 Å². The van der Waals surface area contributed by atoms with Crippen LogP contribution in [0.3, 0.4) is 0 Å². The van der Waals surface area contributed by atoms with Gasteiger partial charge in [-0.2, -0.15) is 0 Å². The Labute approximate surface area is 94.9 Å². The van der Waals surface area contributed by atoms with Crippen LogP contribution in [0.5, 0.6) is 0 Å². The predicted molar refractivity (Wildman–Crippen MR) is 61.6 cm³/mol. The first-order valence-corrected chi connectivity index (χ1v) is 5.73. The van der Waals surface area contributed by atoms with Crippen molar-refractivity contribution in [2.75, 3.05) is 5.32 Å². The lowest BCUT2D eigenvalue weighted by Crippen LogP contribution is -2.41. The summed E-state index contributed by atoms with van der Waals surface area (Å²) in [5, 5.41) is 2.80. The molecule has 2 rings (SSSR count). The van der Waals surface area contributed by atoms with E-state index in [0.717, 1.165) is 25.7 Å². The third-order valence-electron chi connectivity index (χ3n) is 3.55. The lowest BCUT2D eigenvalue weighted by atomic mass is 9.66. The molecule has 0 radical (unpaired) electrons. The summed E-state index contributed by atoms with van der Waals surface area (Å²) in [5.74, 6) is -0.288. The number of benzene rings is 1. The minimum absolute atomic E-state index is 0.0341. The molecule has 86 valence electrons. The van der Waals surface area contributed by atoms with E-state index in [0.29, 0.717) is 5.69 Å². The van der Waals surface area contributed by atoms with Crippen molar-refractivity contribution in [3.05, 3.63) is 30.1 Å². The van der Waals surface area contributed by atoms with Crippen molar-refractivity contribution < 1.29 is 9.18 Å². The van der Waals surface area contributed by atoms with Gasteiger partial charge in [0.25, 0.3) is 0 Å². The molecule has 1 amide bonds. The summed E-state index contributed by atoms with van der Waals surface area (Å²) in [7, 11) is 0. The van der Waals surface area contributed by atoms with Crippen molar-refractivity contribution in [1.29, 1.82) is 0 Å². The van der Waals surface area contributed by atoms with Gasteiger partial charge in [0.05, 0.1) is 0 Å². The van der Waals surface area contributed by atoms with E-state index in [9.17, 15) is 9.18 Å². The fourth-order valence-electron chi connectivity index (χ4n) is 2.17. The average molecular weight is 221 g/mol. The molecular weight excluding hydrogens is 205 g/mol. The largest absolute Gasteiger partial charge is 0.326 e. The highest BCUT2D eigenvalue weighted by atomic mass is 19.1. The van der Waals surface area contributed by atoms with E-state index in [1.54, 1.807) is 12.1 Å². The summed E-state index contributed by atoms with van der Waals surface area (Å²) in [6, 6.07) is 6.03. The first kappa shape index (κ1) is 11.1. The van der Waals surface area contributed by atoms with E-state index in [4.69, 9.17) is 0 Å². The number of hydrogen-bond donors (Lipinski definition) is 1. The maximum Gasteiger partial charge on any atom is 0.230 e. The molecule has 1 N–H and O–H groups in total. The van der Waals surface area contributed by atoms with E-state index >= 15 is 0 Å². The Kier molecular flexibility index (Phi) is 2.95. The normalized spacial score (nSPS) is 17.6. The fraction of sp³-hybridized carbons (Fsp3) is 0.462. The van der Waals surface area contributed by atoms with E-state index in [1.165, 1.54) is 12.1 Å². The van der Waals surface area contributed by atoms with Crippen LogP contribution in [0.15, 0.2) is 24.3 Å². The van der Waals surface area contributed by atoms with Gasteiger partial charge < -0.3 is 5.32 Å². The Hall–Kier alpha value is -1.38. The summed E-state index contributed by atoms with van der Waals surface area (Å²) in [5.41, 5.74) is 0.344. The van der Waals surface area contributed by atoms with Gasteiger partial charge >= 0.3 is 0 Å². The number of amides is 1. The second kappa shape index (κ2) is 4.24. The predicted octanol–water partition coefficient (Wildman–Crippen LogP) is 3.34. The van der Waals surface area contributed by atoms with Crippen LogP contribution < -0.4 is 5.32 Å². The Morgan fingerprint density at radius 2 is 2.25 bits per heavy atom. The SMILES string of the molecule is CCC1(C(=O)Nc2cccc(F)c2)CCC1. The van der Waals surface area contributed by atoms with Gasteiger partial charge in [0.1, 0.15) is 5.82 Å². The van der Waals surface area contributed by atoms with Gasteiger partial charge in [-0.05, 0) is 37.5 Å². The Morgan fingerprint density at radius 3 is 2.75 bits per heavy atom. The molecule has 16 heavy (non-hydrogen) atoms. The zero-order valence-corrected chi connectivity index (χ0v) is 9.42. The molecule has 0 heterocycles. The third-order valence-corrected chi connectivity index (χ3v) is 3.55. The van der Waals surface area contributed by atoms with Crippen LogP contribution in [-0.4, -0.2) is 5.91 Å². The lowest BCUT2D eigenvalue weighted by Gasteiger charge is -2.39. The Balaban J connectivity index is 2.07. The minimum Gasteiger partial charge on any atom is -0.326 e. The van der Waals surface area contributed by atoms with Gasteiger partial charge in [0, 0.05) is 11.1 Å². The van der Waals surface area contributed by atoms with Gasteiger partial charge in [-0.1, -0.05) is 19.4 Å². The molecule has 1 aliphatic carbocycles. The fourth-order valence-corrected chi connectivity index (χ4v) is 2.17. The molecule has 0 spiro atoms. The molecule has 0 atom stereocenters. The first-order valence-electron chi connectivity index (χ1n) is 5.73. The molecule has 3 heteroatoms. The van der Waals surface area contributed by atoms with Crippen LogP contribution in [0.25, 0.3) is 0 Å². The second-order valence-corrected chi connectivity index (χ2v) is 4.45. The molecule has 1 aliphatic rings. The van der Waals surface area contributed by atoms with E-state index in [-0.39, 0.29) is 17.1 Å². The van der Waals surface area contributed by atoms with Gasteiger partial charge in [-0.15, -0.1) is 0 Å². The number of nitrogens with one attached hydrogen (secondary N) is 1. The van der Waals surface area contributed by atoms with Gasteiger partial charge in [-0.3, -0.25) is 4.79 Å². The monoisotopic (exact) mass is 221 g/mol. The molecule has 0 aromatic heterocycles. The van der Waals surface area contributed by atoms with E-state index in [2.05, 4.69) is 5.32 Å². The van der Waals surface area contributed by atoms with Crippen molar-refractivity contribution in [3.63, 3.8) is 0 Å². The number of carbonyl (C=O) groups is 1. The van der Waals surface area contributed by atoms with Crippen LogP contribution in [-0.2, 0) is 4.79 Å². The highest BCUT2D eigenvalue weighted by Crippen LogP contribution is 2.44. The molecule has 0 aliphatic heterocycles. The van der Waals surface area contributed by atoms with Crippen molar-refractivity contribution in [3.8, 4) is 0 Å². The summed E-state index contributed by atoms with van der Waals surface area (Å²) in [4.78, 5) is 12.0. The van der Waals surface area contributed by atoms with Crippen LogP contribution in [0.4, 0.5) is 10.1 Å². The third kappa shape index (κ3) is 1.94. The maximum atomic E-state index is 12.9. The molecular formula is C13H16FNO.